The first-order valence-electron chi connectivity index (χ1n) is 5.46. The molecule has 2 heteroatoms. The van der Waals surface area contributed by atoms with E-state index in [4.69, 9.17) is 0 Å². The van der Waals surface area contributed by atoms with Crippen molar-refractivity contribution in [1.29, 1.82) is 0 Å². The molecule has 0 aliphatic rings. The molecule has 0 aromatic rings. The van der Waals surface area contributed by atoms with Crippen molar-refractivity contribution in [3.05, 3.63) is 60.2 Å². The van der Waals surface area contributed by atoms with E-state index in [0.717, 1.165) is 11.0 Å². The predicted octanol–water partition coefficient (Wildman–Crippen LogP) is 3.12. The second-order valence-electron chi connectivity index (χ2n) is 3.32. The zero-order valence-electron chi connectivity index (χ0n) is 10.4. The summed E-state index contributed by atoms with van der Waals surface area (Å²) in [5, 5.41) is 0. The van der Waals surface area contributed by atoms with Crippen molar-refractivity contribution in [2.24, 2.45) is 0 Å². The van der Waals surface area contributed by atoms with Crippen LogP contribution in [0.4, 0.5) is 0 Å². The van der Waals surface area contributed by atoms with Gasteiger partial charge in [-0.05, 0) is 20.8 Å². The molecule has 0 fully saturated rings. The van der Waals surface area contributed by atoms with Crippen LogP contribution in [0.5, 0.6) is 0 Å². The Kier molecular flexibility index (Phi) is 7.87. The highest BCUT2D eigenvalue weighted by atomic mass is 16.1. The fraction of sp³-hybridized carbons (Fsp3) is 0.214. The molecule has 0 aliphatic carbocycles. The summed E-state index contributed by atoms with van der Waals surface area (Å²) < 4.78 is 0. The number of rotatable bonds is 6. The molecule has 0 aromatic heterocycles. The molecule has 0 bridgehead atoms. The first kappa shape index (κ1) is 14.4. The monoisotopic (exact) mass is 214 g/mol. The van der Waals surface area contributed by atoms with Crippen molar-refractivity contribution < 1.29 is 4.79 Å². The van der Waals surface area contributed by atoms with E-state index in [9.17, 15) is 4.79 Å². The predicted molar refractivity (Wildman–Crippen MR) is 73.8 cm³/mol. The lowest BCUT2D eigenvalue weighted by Gasteiger charge is -2.00. The van der Waals surface area contributed by atoms with Gasteiger partial charge in [0.25, 0.3) is 0 Å². The van der Waals surface area contributed by atoms with Crippen molar-refractivity contribution >= 4 is 13.0 Å². The number of hydrogen-bond donors (Lipinski definition) is 0. The number of allylic oxidation sites excluding steroid dienone is 9. The summed E-state index contributed by atoms with van der Waals surface area (Å²) in [4.78, 5) is 11.9. The molecule has 0 saturated heterocycles. The van der Waals surface area contributed by atoms with Crippen LogP contribution in [0.15, 0.2) is 60.2 Å². The zero-order valence-corrected chi connectivity index (χ0v) is 10.4. The van der Waals surface area contributed by atoms with Gasteiger partial charge in [0, 0.05) is 5.57 Å². The first-order chi connectivity index (χ1) is 7.69. The second-order valence-corrected chi connectivity index (χ2v) is 3.32. The highest BCUT2D eigenvalue weighted by Crippen LogP contribution is 2.03. The molecule has 1 nitrogen and oxygen atoms in total. The van der Waals surface area contributed by atoms with E-state index in [1.165, 1.54) is 0 Å². The van der Waals surface area contributed by atoms with Crippen LogP contribution >= 0.6 is 0 Å². The van der Waals surface area contributed by atoms with Crippen LogP contribution in [-0.4, -0.2) is 13.0 Å². The summed E-state index contributed by atoms with van der Waals surface area (Å²) in [6.45, 7) is 9.42. The highest BCUT2D eigenvalue weighted by Gasteiger charge is 2.08. The van der Waals surface area contributed by atoms with Gasteiger partial charge in [-0.3, -0.25) is 0 Å². The third-order valence-electron chi connectivity index (χ3n) is 2.11. The van der Waals surface area contributed by atoms with Gasteiger partial charge in [-0.25, -0.2) is 0 Å². The lowest BCUT2D eigenvalue weighted by molar-refractivity contribution is -0.108. The largest absolute Gasteiger partial charge is 0.306 e. The summed E-state index contributed by atoms with van der Waals surface area (Å²) in [7, 11) is 0.401. The average molecular weight is 214 g/mol. The second kappa shape index (κ2) is 8.72. The molecule has 16 heavy (non-hydrogen) atoms. The van der Waals surface area contributed by atoms with Crippen LogP contribution < -0.4 is 0 Å². The fourth-order valence-corrected chi connectivity index (χ4v) is 1.24. The van der Waals surface area contributed by atoms with Crippen molar-refractivity contribution in [2.75, 3.05) is 0 Å². The summed E-state index contributed by atoms with van der Waals surface area (Å²) in [5.74, 6) is 0. The minimum absolute atomic E-state index is 0.122. The van der Waals surface area contributed by atoms with Crippen LogP contribution in [0.2, 0.25) is 0 Å². The topological polar surface area (TPSA) is 17.1 Å². The molecule has 0 amide bonds. The molecule has 0 rings (SSSR count). The maximum atomic E-state index is 11.9. The van der Waals surface area contributed by atoms with Gasteiger partial charge in [-0.2, -0.15) is 0 Å². The van der Waals surface area contributed by atoms with Crippen LogP contribution in [0.3, 0.4) is 0 Å². The molecular formula is C14H19BO. The Hall–Kier alpha value is -1.57. The van der Waals surface area contributed by atoms with Crippen molar-refractivity contribution in [2.45, 2.75) is 20.8 Å². The summed E-state index contributed by atoms with van der Waals surface area (Å²) in [6.07, 6.45) is 13.0. The normalized spacial score (nSPS) is 13.4. The van der Waals surface area contributed by atoms with Gasteiger partial charge in [0.15, 0.2) is 0 Å². The van der Waals surface area contributed by atoms with E-state index >= 15 is 0 Å². The summed E-state index contributed by atoms with van der Waals surface area (Å²) >= 11 is 0. The third kappa shape index (κ3) is 5.35. The lowest BCUT2D eigenvalue weighted by atomic mass is 9.63. The molecule has 0 radical (unpaired) electrons. The SMILES string of the molecule is C=C/C(BC(=O)C(/C=C\C)=C/C)=C\C=C/C. The molecule has 0 unspecified atom stereocenters. The molecular weight excluding hydrogens is 195 g/mol. The van der Waals surface area contributed by atoms with Crippen molar-refractivity contribution in [3.8, 4) is 0 Å². The summed E-state index contributed by atoms with van der Waals surface area (Å²) in [6, 6.07) is 0. The van der Waals surface area contributed by atoms with Gasteiger partial charge in [0.1, 0.15) is 5.68 Å². The standard InChI is InChI=1S/C14H19BO/c1-5-9-11-13(8-4)15-14(16)12(7-3)10-6-2/h5-11,15H,4H2,1-3H3/b9-5-,10-6-,12-7+,13-11+. The van der Waals surface area contributed by atoms with Crippen LogP contribution in [-0.2, 0) is 4.79 Å². The molecule has 84 valence electrons. The lowest BCUT2D eigenvalue weighted by Crippen LogP contribution is -2.12. The molecule has 0 heterocycles. The molecule has 0 aliphatic heterocycles. The first-order valence-corrected chi connectivity index (χ1v) is 5.46. The molecule has 0 atom stereocenters. The molecule has 0 spiro atoms. The Morgan fingerprint density at radius 1 is 1.19 bits per heavy atom. The van der Waals surface area contributed by atoms with E-state index in [1.807, 2.05) is 57.2 Å². The van der Waals surface area contributed by atoms with Gasteiger partial charge in [-0.15, -0.1) is 0 Å². The van der Waals surface area contributed by atoms with E-state index in [-0.39, 0.29) is 5.68 Å². The molecule has 0 N–H and O–H groups in total. The Balaban J connectivity index is 4.71. The van der Waals surface area contributed by atoms with Crippen molar-refractivity contribution in [1.82, 2.24) is 0 Å². The Morgan fingerprint density at radius 3 is 2.31 bits per heavy atom. The van der Waals surface area contributed by atoms with Crippen LogP contribution in [0.25, 0.3) is 0 Å². The van der Waals surface area contributed by atoms with E-state index < -0.39 is 0 Å². The van der Waals surface area contributed by atoms with Gasteiger partial charge in [-0.1, -0.05) is 54.6 Å². The number of hydrogen-bond acceptors (Lipinski definition) is 1. The smallest absolute Gasteiger partial charge is 0.245 e. The van der Waals surface area contributed by atoms with Gasteiger partial charge in [0.05, 0.1) is 0 Å². The highest BCUT2D eigenvalue weighted by molar-refractivity contribution is 6.83. The molecule has 0 saturated carbocycles. The van der Waals surface area contributed by atoms with Crippen molar-refractivity contribution in [3.63, 3.8) is 0 Å². The average Bonchev–Trinajstić information content (AvgIpc) is 2.30. The fourth-order valence-electron chi connectivity index (χ4n) is 1.24. The quantitative estimate of drug-likeness (QED) is 0.377. The number of carbonyl (C=O) groups is 1. The minimum Gasteiger partial charge on any atom is -0.306 e. The van der Waals surface area contributed by atoms with E-state index in [0.29, 0.717) is 7.28 Å². The van der Waals surface area contributed by atoms with Gasteiger partial charge >= 0.3 is 0 Å². The van der Waals surface area contributed by atoms with E-state index in [1.54, 1.807) is 6.08 Å². The maximum Gasteiger partial charge on any atom is 0.245 e. The Bertz CT molecular complexity index is 357. The van der Waals surface area contributed by atoms with Gasteiger partial charge in [0.2, 0.25) is 7.28 Å². The zero-order chi connectivity index (χ0) is 12.4. The maximum absolute atomic E-state index is 11.9. The van der Waals surface area contributed by atoms with Crippen LogP contribution in [0.1, 0.15) is 20.8 Å². The Morgan fingerprint density at radius 2 is 1.88 bits per heavy atom. The summed E-state index contributed by atoms with van der Waals surface area (Å²) in [5.41, 5.74) is 1.80. The Labute approximate surface area is 99.2 Å². The minimum atomic E-state index is 0.122. The molecule has 0 aromatic carbocycles. The van der Waals surface area contributed by atoms with Crippen LogP contribution in [0, 0.1) is 0 Å². The van der Waals surface area contributed by atoms with E-state index in [2.05, 4.69) is 6.58 Å². The third-order valence-corrected chi connectivity index (χ3v) is 2.11. The van der Waals surface area contributed by atoms with Gasteiger partial charge < -0.3 is 4.79 Å². The number of carbonyl (C=O) groups excluding carboxylic acids is 1.